The van der Waals surface area contributed by atoms with Gasteiger partial charge in [-0.25, -0.2) is 4.98 Å². The number of hydrogen-bond donors (Lipinski definition) is 1. The molecule has 1 aliphatic rings. The van der Waals surface area contributed by atoms with Crippen LogP contribution in [-0.4, -0.2) is 30.9 Å². The molecule has 0 radical (unpaired) electrons. The van der Waals surface area contributed by atoms with E-state index in [1.807, 2.05) is 23.6 Å². The zero-order valence-electron chi connectivity index (χ0n) is 13.7. The molecule has 1 aliphatic heterocycles. The van der Waals surface area contributed by atoms with E-state index in [0.29, 0.717) is 19.6 Å². The van der Waals surface area contributed by atoms with E-state index in [2.05, 4.69) is 16.6 Å². The number of nitrogens with zero attached hydrogens (tertiary/aromatic N) is 1. The minimum atomic E-state index is -0.186. The van der Waals surface area contributed by atoms with Crippen molar-refractivity contribution in [3.8, 4) is 11.5 Å². The van der Waals surface area contributed by atoms with Crippen LogP contribution in [0.4, 0.5) is 0 Å². The quantitative estimate of drug-likeness (QED) is 0.854. The van der Waals surface area contributed by atoms with Gasteiger partial charge in [-0.2, -0.15) is 11.8 Å². The zero-order valence-corrected chi connectivity index (χ0v) is 15.3. The van der Waals surface area contributed by atoms with Crippen LogP contribution in [0.2, 0.25) is 0 Å². The number of hydrogen-bond acceptors (Lipinski definition) is 6. The van der Waals surface area contributed by atoms with E-state index in [-0.39, 0.29) is 11.8 Å². The van der Waals surface area contributed by atoms with Gasteiger partial charge in [0, 0.05) is 11.1 Å². The lowest BCUT2D eigenvalue weighted by atomic mass is 9.95. The normalized spacial score (nSPS) is 16.2. The zero-order chi connectivity index (χ0) is 16.9. The van der Waals surface area contributed by atoms with Crippen LogP contribution >= 0.6 is 23.1 Å². The van der Waals surface area contributed by atoms with E-state index in [0.717, 1.165) is 33.5 Å². The number of benzene rings is 1. The second kappa shape index (κ2) is 7.90. The van der Waals surface area contributed by atoms with Crippen molar-refractivity contribution in [3.05, 3.63) is 39.8 Å². The highest BCUT2D eigenvalue weighted by atomic mass is 32.2. The second-order valence-electron chi connectivity index (χ2n) is 5.54. The topological polar surface area (TPSA) is 60.5 Å². The number of fused-ring (bicyclic) bond motifs is 1. The average Bonchev–Trinajstić information content (AvgIpc) is 3.06. The number of methoxy groups -OCH3 is 1. The molecule has 2 heterocycles. The van der Waals surface area contributed by atoms with Gasteiger partial charge in [-0.05, 0) is 24.3 Å². The first-order chi connectivity index (χ1) is 11.7. The SMILES string of the molecule is COc1cccc2c1OC[C@H](C(=O)NCc1csc(CSC)n1)C2. The molecule has 1 atom stereocenters. The lowest BCUT2D eigenvalue weighted by Crippen LogP contribution is -2.37. The second-order valence-corrected chi connectivity index (χ2v) is 7.35. The molecule has 3 rings (SSSR count). The summed E-state index contributed by atoms with van der Waals surface area (Å²) in [5.41, 5.74) is 1.92. The van der Waals surface area contributed by atoms with Gasteiger partial charge in [-0.1, -0.05) is 12.1 Å². The number of ether oxygens (including phenoxy) is 2. The molecule has 0 fully saturated rings. The van der Waals surface area contributed by atoms with Crippen molar-refractivity contribution in [2.45, 2.75) is 18.7 Å². The largest absolute Gasteiger partial charge is 0.493 e. The Morgan fingerprint density at radius 2 is 2.42 bits per heavy atom. The van der Waals surface area contributed by atoms with Crippen LogP contribution in [0.1, 0.15) is 16.3 Å². The molecule has 0 saturated carbocycles. The Morgan fingerprint density at radius 3 is 3.21 bits per heavy atom. The number of carbonyl (C=O) groups excluding carboxylic acids is 1. The Kier molecular flexibility index (Phi) is 5.63. The van der Waals surface area contributed by atoms with Crippen molar-refractivity contribution in [2.75, 3.05) is 20.0 Å². The standard InChI is InChI=1S/C17H20N2O3S2/c1-21-14-5-3-4-11-6-12(8-22-16(11)14)17(20)18-7-13-9-24-15(19-13)10-23-2/h3-5,9,12H,6-8,10H2,1-2H3,(H,18,20)/t12-/m1/s1. The number of carbonyl (C=O) groups is 1. The fourth-order valence-corrected chi connectivity index (χ4v) is 4.18. The maximum atomic E-state index is 12.4. The first-order valence-corrected chi connectivity index (χ1v) is 9.97. The fourth-order valence-electron chi connectivity index (χ4n) is 2.67. The van der Waals surface area contributed by atoms with Crippen LogP contribution < -0.4 is 14.8 Å². The van der Waals surface area contributed by atoms with Crippen LogP contribution in [0.15, 0.2) is 23.6 Å². The number of thioether (sulfide) groups is 1. The van der Waals surface area contributed by atoms with Gasteiger partial charge in [0.2, 0.25) is 5.91 Å². The maximum absolute atomic E-state index is 12.4. The van der Waals surface area contributed by atoms with E-state index in [1.165, 1.54) is 0 Å². The van der Waals surface area contributed by atoms with Crippen LogP contribution in [0.3, 0.4) is 0 Å². The first kappa shape index (κ1) is 17.1. The fraction of sp³-hybridized carbons (Fsp3) is 0.412. The molecule has 24 heavy (non-hydrogen) atoms. The number of amides is 1. The van der Waals surface area contributed by atoms with Crippen molar-refractivity contribution in [1.29, 1.82) is 0 Å². The molecule has 1 aromatic carbocycles. The summed E-state index contributed by atoms with van der Waals surface area (Å²) < 4.78 is 11.1. The lowest BCUT2D eigenvalue weighted by Gasteiger charge is -2.25. The average molecular weight is 364 g/mol. The Hall–Kier alpha value is -1.73. The van der Waals surface area contributed by atoms with Gasteiger partial charge in [0.1, 0.15) is 11.6 Å². The summed E-state index contributed by atoms with van der Waals surface area (Å²) in [7, 11) is 1.62. The monoisotopic (exact) mass is 364 g/mol. The third-order valence-corrected chi connectivity index (χ3v) is 5.50. The van der Waals surface area contributed by atoms with Gasteiger partial charge in [0.25, 0.3) is 0 Å². The molecule has 0 spiro atoms. The molecule has 1 N–H and O–H groups in total. The predicted molar refractivity (Wildman–Crippen MR) is 96.9 cm³/mol. The molecule has 5 nitrogen and oxygen atoms in total. The predicted octanol–water partition coefficient (Wildman–Crippen LogP) is 2.88. The van der Waals surface area contributed by atoms with Crippen LogP contribution in [0.5, 0.6) is 11.5 Å². The van der Waals surface area contributed by atoms with Crippen molar-refractivity contribution in [1.82, 2.24) is 10.3 Å². The highest BCUT2D eigenvalue weighted by Crippen LogP contribution is 2.36. The van der Waals surface area contributed by atoms with Crippen molar-refractivity contribution >= 4 is 29.0 Å². The van der Waals surface area contributed by atoms with Gasteiger partial charge in [0.15, 0.2) is 11.5 Å². The molecule has 1 amide bonds. The molecule has 1 aromatic heterocycles. The van der Waals surface area contributed by atoms with E-state index < -0.39 is 0 Å². The van der Waals surface area contributed by atoms with E-state index in [4.69, 9.17) is 9.47 Å². The summed E-state index contributed by atoms with van der Waals surface area (Å²) in [6.07, 6.45) is 2.71. The smallest absolute Gasteiger partial charge is 0.227 e. The molecular formula is C17H20N2O3S2. The number of nitrogens with one attached hydrogen (secondary N) is 1. The number of thiazole rings is 1. The van der Waals surface area contributed by atoms with Gasteiger partial charge >= 0.3 is 0 Å². The van der Waals surface area contributed by atoms with Crippen LogP contribution in [-0.2, 0) is 23.5 Å². The maximum Gasteiger partial charge on any atom is 0.227 e. The third-order valence-electron chi connectivity index (χ3n) is 3.86. The molecule has 2 aromatic rings. The van der Waals surface area contributed by atoms with Gasteiger partial charge in [0.05, 0.1) is 25.3 Å². The molecule has 0 saturated heterocycles. The lowest BCUT2D eigenvalue weighted by molar-refractivity contribution is -0.126. The van der Waals surface area contributed by atoms with E-state index in [9.17, 15) is 4.79 Å². The Bertz CT molecular complexity index is 718. The van der Waals surface area contributed by atoms with E-state index >= 15 is 0 Å². The minimum absolute atomic E-state index is 0.00267. The summed E-state index contributed by atoms with van der Waals surface area (Å²) in [6, 6.07) is 5.77. The highest BCUT2D eigenvalue weighted by Gasteiger charge is 2.27. The molecule has 0 aliphatic carbocycles. The minimum Gasteiger partial charge on any atom is -0.493 e. The molecule has 0 unspecified atom stereocenters. The summed E-state index contributed by atoms with van der Waals surface area (Å²) >= 11 is 3.38. The molecule has 0 bridgehead atoms. The molecular weight excluding hydrogens is 344 g/mol. The Labute approximate surface area is 149 Å². The molecule has 7 heteroatoms. The number of aromatic nitrogens is 1. The summed E-state index contributed by atoms with van der Waals surface area (Å²) in [6.45, 7) is 0.833. The van der Waals surface area contributed by atoms with Crippen LogP contribution in [0.25, 0.3) is 0 Å². The van der Waals surface area contributed by atoms with Crippen molar-refractivity contribution in [3.63, 3.8) is 0 Å². The van der Waals surface area contributed by atoms with Gasteiger partial charge in [-0.15, -0.1) is 11.3 Å². The third kappa shape index (κ3) is 3.84. The van der Waals surface area contributed by atoms with Crippen molar-refractivity contribution < 1.29 is 14.3 Å². The van der Waals surface area contributed by atoms with Gasteiger partial charge in [-0.3, -0.25) is 4.79 Å². The van der Waals surface area contributed by atoms with Crippen LogP contribution in [0, 0.1) is 5.92 Å². The van der Waals surface area contributed by atoms with E-state index in [1.54, 1.807) is 30.2 Å². The van der Waals surface area contributed by atoms with Crippen molar-refractivity contribution in [2.24, 2.45) is 5.92 Å². The summed E-state index contributed by atoms with van der Waals surface area (Å²) in [5, 5.41) is 6.07. The first-order valence-electron chi connectivity index (χ1n) is 7.70. The number of rotatable bonds is 6. The number of para-hydroxylation sites is 1. The van der Waals surface area contributed by atoms with Gasteiger partial charge < -0.3 is 14.8 Å². The Balaban J connectivity index is 1.57. The summed E-state index contributed by atoms with van der Waals surface area (Å²) in [5.74, 6) is 2.20. The summed E-state index contributed by atoms with van der Waals surface area (Å²) in [4.78, 5) is 16.9. The highest BCUT2D eigenvalue weighted by molar-refractivity contribution is 7.97. The molecule has 128 valence electrons. The Morgan fingerprint density at radius 1 is 1.54 bits per heavy atom.